The number of H-pyrrole nitrogens is 1. The van der Waals surface area contributed by atoms with Crippen LogP contribution >= 0.6 is 0 Å². The molecule has 1 aliphatic rings. The van der Waals surface area contributed by atoms with Gasteiger partial charge in [0.2, 0.25) is 5.88 Å². The maximum atomic E-state index is 12.0. The number of aromatic amines is 1. The Morgan fingerprint density at radius 3 is 2.88 bits per heavy atom. The van der Waals surface area contributed by atoms with Crippen LogP contribution in [0.5, 0.6) is 5.88 Å². The quantitative estimate of drug-likeness (QED) is 0.787. The summed E-state index contributed by atoms with van der Waals surface area (Å²) < 4.78 is 1.42. The Kier molecular flexibility index (Phi) is 2.21. The molecule has 0 spiro atoms. The van der Waals surface area contributed by atoms with Gasteiger partial charge in [0.25, 0.3) is 5.56 Å². The van der Waals surface area contributed by atoms with Crippen molar-refractivity contribution in [3.63, 3.8) is 0 Å². The number of hydrogen-bond donors (Lipinski definition) is 2. The van der Waals surface area contributed by atoms with Gasteiger partial charge in [-0.25, -0.2) is 0 Å². The van der Waals surface area contributed by atoms with Crippen molar-refractivity contribution in [2.75, 3.05) is 0 Å². The zero-order chi connectivity index (χ0) is 12.0. The first kappa shape index (κ1) is 10.4. The Bertz CT molecular complexity index is 620. The van der Waals surface area contributed by atoms with Crippen molar-refractivity contribution in [1.82, 2.24) is 14.6 Å². The molecule has 0 unspecified atom stereocenters. The van der Waals surface area contributed by atoms with E-state index in [1.165, 1.54) is 4.52 Å². The molecule has 90 valence electrons. The van der Waals surface area contributed by atoms with Crippen LogP contribution in [0.1, 0.15) is 42.7 Å². The molecule has 0 bridgehead atoms. The second-order valence-electron chi connectivity index (χ2n) is 4.76. The summed E-state index contributed by atoms with van der Waals surface area (Å²) in [6.45, 7) is 1.85. The van der Waals surface area contributed by atoms with Gasteiger partial charge in [-0.15, -0.1) is 0 Å². The summed E-state index contributed by atoms with van der Waals surface area (Å²) in [5.74, 6) is 0.177. The van der Waals surface area contributed by atoms with E-state index in [9.17, 15) is 9.90 Å². The zero-order valence-electron chi connectivity index (χ0n) is 9.73. The molecule has 0 aliphatic heterocycles. The van der Waals surface area contributed by atoms with E-state index in [1.807, 2.05) is 6.92 Å². The molecule has 2 aromatic rings. The lowest BCUT2D eigenvalue weighted by atomic mass is 10.00. The number of aryl methyl sites for hydroxylation is 1. The fourth-order valence-electron chi connectivity index (χ4n) is 2.72. The predicted octanol–water partition coefficient (Wildman–Crippen LogP) is 1.69. The maximum absolute atomic E-state index is 12.0. The summed E-state index contributed by atoms with van der Waals surface area (Å²) in [6, 6.07) is 0. The second-order valence-corrected chi connectivity index (χ2v) is 4.76. The lowest BCUT2D eigenvalue weighted by Crippen LogP contribution is -2.18. The van der Waals surface area contributed by atoms with Gasteiger partial charge in [-0.3, -0.25) is 4.79 Å². The Balaban J connectivity index is 2.27. The Morgan fingerprint density at radius 2 is 2.18 bits per heavy atom. The van der Waals surface area contributed by atoms with Crippen LogP contribution in [0.15, 0.2) is 11.0 Å². The molecule has 0 saturated heterocycles. The highest BCUT2D eigenvalue weighted by Gasteiger charge is 2.25. The predicted molar refractivity (Wildman–Crippen MR) is 63.4 cm³/mol. The Hall–Kier alpha value is -1.78. The first-order chi connectivity index (χ1) is 8.18. The van der Waals surface area contributed by atoms with Crippen LogP contribution in [0.25, 0.3) is 5.65 Å². The van der Waals surface area contributed by atoms with Crippen molar-refractivity contribution in [2.45, 2.75) is 38.5 Å². The largest absolute Gasteiger partial charge is 0.493 e. The smallest absolute Gasteiger partial charge is 0.258 e. The molecular weight excluding hydrogens is 218 g/mol. The third-order valence-electron chi connectivity index (χ3n) is 3.63. The van der Waals surface area contributed by atoms with E-state index in [4.69, 9.17) is 0 Å². The summed E-state index contributed by atoms with van der Waals surface area (Å²) in [4.78, 5) is 14.8. The van der Waals surface area contributed by atoms with Gasteiger partial charge in [0.1, 0.15) is 5.65 Å². The molecule has 2 heterocycles. The van der Waals surface area contributed by atoms with E-state index in [2.05, 4.69) is 10.1 Å². The summed E-state index contributed by atoms with van der Waals surface area (Å²) >= 11 is 0. The fourth-order valence-corrected chi connectivity index (χ4v) is 2.72. The molecule has 5 nitrogen and oxygen atoms in total. The average molecular weight is 233 g/mol. The molecule has 17 heavy (non-hydrogen) atoms. The summed E-state index contributed by atoms with van der Waals surface area (Å²) in [5.41, 5.74) is 1.76. The lowest BCUT2D eigenvalue weighted by molar-refractivity contribution is 0.419. The number of aromatic hydroxyl groups is 1. The van der Waals surface area contributed by atoms with Crippen LogP contribution in [0.2, 0.25) is 0 Å². The van der Waals surface area contributed by atoms with E-state index in [0.717, 1.165) is 31.2 Å². The van der Waals surface area contributed by atoms with Gasteiger partial charge in [0, 0.05) is 5.56 Å². The van der Waals surface area contributed by atoms with E-state index >= 15 is 0 Å². The van der Waals surface area contributed by atoms with Gasteiger partial charge < -0.3 is 10.1 Å². The molecular formula is C12H15N3O2. The first-order valence-corrected chi connectivity index (χ1v) is 5.98. The van der Waals surface area contributed by atoms with Crippen molar-refractivity contribution >= 4 is 5.65 Å². The van der Waals surface area contributed by atoms with Gasteiger partial charge in [0.15, 0.2) is 0 Å². The van der Waals surface area contributed by atoms with Crippen molar-refractivity contribution in [1.29, 1.82) is 0 Å². The number of aromatic nitrogens is 3. The molecule has 0 atom stereocenters. The normalized spacial score (nSPS) is 17.0. The van der Waals surface area contributed by atoms with Gasteiger partial charge in [-0.2, -0.15) is 9.61 Å². The number of rotatable bonds is 1. The van der Waals surface area contributed by atoms with Gasteiger partial charge >= 0.3 is 0 Å². The van der Waals surface area contributed by atoms with Crippen molar-refractivity contribution < 1.29 is 5.11 Å². The van der Waals surface area contributed by atoms with E-state index < -0.39 is 0 Å². The molecule has 2 N–H and O–H groups in total. The molecule has 1 saturated carbocycles. The van der Waals surface area contributed by atoms with Crippen LogP contribution in [-0.2, 0) is 0 Å². The maximum Gasteiger partial charge on any atom is 0.258 e. The van der Waals surface area contributed by atoms with E-state index in [-0.39, 0.29) is 17.4 Å². The summed E-state index contributed by atoms with van der Waals surface area (Å²) in [6.07, 6.45) is 5.84. The molecule has 5 heteroatoms. The number of hydrogen-bond acceptors (Lipinski definition) is 3. The Labute approximate surface area is 98.1 Å². The Morgan fingerprint density at radius 1 is 1.47 bits per heavy atom. The molecule has 0 aromatic carbocycles. The SMILES string of the molecule is Cc1cnn2c(O)c(C3CCCC3)c(=O)[nH]c12. The molecule has 1 fully saturated rings. The van der Waals surface area contributed by atoms with Gasteiger partial charge in [0.05, 0.1) is 11.8 Å². The minimum atomic E-state index is -0.175. The standard InChI is InChI=1S/C12H15N3O2/c1-7-6-13-15-10(7)14-11(16)9(12(15)17)8-4-2-3-5-8/h6,8,17H,2-5H2,1H3,(H,14,16). The van der Waals surface area contributed by atoms with Gasteiger partial charge in [-0.1, -0.05) is 12.8 Å². The van der Waals surface area contributed by atoms with Crippen LogP contribution in [-0.4, -0.2) is 19.7 Å². The highest BCUT2D eigenvalue weighted by molar-refractivity contribution is 5.49. The second kappa shape index (κ2) is 3.61. The third kappa shape index (κ3) is 1.45. The van der Waals surface area contributed by atoms with Crippen LogP contribution < -0.4 is 5.56 Å². The van der Waals surface area contributed by atoms with Crippen LogP contribution in [0, 0.1) is 6.92 Å². The minimum Gasteiger partial charge on any atom is -0.493 e. The van der Waals surface area contributed by atoms with Crippen LogP contribution in [0.4, 0.5) is 0 Å². The molecule has 1 aliphatic carbocycles. The number of nitrogens with one attached hydrogen (secondary N) is 1. The minimum absolute atomic E-state index is 0.00347. The molecule has 0 radical (unpaired) electrons. The lowest BCUT2D eigenvalue weighted by Gasteiger charge is -2.11. The summed E-state index contributed by atoms with van der Waals surface area (Å²) in [5, 5.41) is 14.3. The molecule has 2 aromatic heterocycles. The highest BCUT2D eigenvalue weighted by atomic mass is 16.3. The highest BCUT2D eigenvalue weighted by Crippen LogP contribution is 2.36. The summed E-state index contributed by atoms with van der Waals surface area (Å²) in [7, 11) is 0. The van der Waals surface area contributed by atoms with Crippen LogP contribution in [0.3, 0.4) is 0 Å². The zero-order valence-corrected chi connectivity index (χ0v) is 9.73. The third-order valence-corrected chi connectivity index (χ3v) is 3.63. The van der Waals surface area contributed by atoms with Gasteiger partial charge in [-0.05, 0) is 25.7 Å². The fraction of sp³-hybridized carbons (Fsp3) is 0.500. The molecule has 0 amide bonds. The molecule has 3 rings (SSSR count). The van der Waals surface area contributed by atoms with E-state index in [1.54, 1.807) is 6.20 Å². The van der Waals surface area contributed by atoms with Crippen molar-refractivity contribution in [3.05, 3.63) is 27.7 Å². The van der Waals surface area contributed by atoms with E-state index in [0.29, 0.717) is 11.2 Å². The first-order valence-electron chi connectivity index (χ1n) is 5.98. The number of nitrogens with zero attached hydrogens (tertiary/aromatic N) is 2. The number of fused-ring (bicyclic) bond motifs is 1. The van der Waals surface area contributed by atoms with Crippen molar-refractivity contribution in [2.24, 2.45) is 0 Å². The average Bonchev–Trinajstić information content (AvgIpc) is 2.90. The van der Waals surface area contributed by atoms with Crippen molar-refractivity contribution in [3.8, 4) is 5.88 Å². The topological polar surface area (TPSA) is 70.4 Å². The monoisotopic (exact) mass is 233 g/mol.